The van der Waals surface area contributed by atoms with Crippen LogP contribution in [0.25, 0.3) is 0 Å². The molecule has 1 heterocycles. The molecule has 1 saturated heterocycles. The lowest BCUT2D eigenvalue weighted by Gasteiger charge is -2.37. The fourth-order valence-corrected chi connectivity index (χ4v) is 2.06. The summed E-state index contributed by atoms with van der Waals surface area (Å²) in [4.78, 5) is 34.6. The van der Waals surface area contributed by atoms with E-state index < -0.39 is 23.9 Å². The van der Waals surface area contributed by atoms with E-state index in [1.165, 1.54) is 4.90 Å². The Kier molecular flexibility index (Phi) is 4.30. The maximum Gasteiger partial charge on any atom is 0.326 e. The van der Waals surface area contributed by atoms with Gasteiger partial charge in [-0.2, -0.15) is 0 Å². The summed E-state index contributed by atoms with van der Waals surface area (Å²) < 4.78 is 0. The van der Waals surface area contributed by atoms with Crippen molar-refractivity contribution in [3.05, 3.63) is 0 Å². The van der Waals surface area contributed by atoms with Gasteiger partial charge in [-0.15, -0.1) is 0 Å². The molecule has 0 saturated carbocycles. The lowest BCUT2D eigenvalue weighted by Crippen LogP contribution is -2.55. The van der Waals surface area contributed by atoms with Crippen LogP contribution in [0.4, 0.5) is 4.79 Å². The molecule has 0 aromatic carbocycles. The Balaban J connectivity index is 2.68. The molecule has 0 radical (unpaired) electrons. The predicted octanol–water partition coefficient (Wildman–Crippen LogP) is -0.634. The van der Waals surface area contributed by atoms with E-state index >= 15 is 0 Å². The number of nitrogens with two attached hydrogens (primary N) is 1. The summed E-state index contributed by atoms with van der Waals surface area (Å²) in [7, 11) is 0. The zero-order chi connectivity index (χ0) is 13.0. The molecule has 1 aliphatic rings. The molecule has 4 N–H and O–H groups in total. The number of likely N-dealkylation sites (tertiary alicyclic amines) is 1. The third kappa shape index (κ3) is 3.33. The summed E-state index contributed by atoms with van der Waals surface area (Å²) in [5.41, 5.74) is 4.90. The predicted molar refractivity (Wildman–Crippen MR) is 59.1 cm³/mol. The Bertz CT molecular complexity index is 332. The minimum absolute atomic E-state index is 0.0967. The molecule has 0 aliphatic carbocycles. The molecule has 1 rings (SSSR count). The van der Waals surface area contributed by atoms with Gasteiger partial charge in [0.1, 0.15) is 6.04 Å². The summed E-state index contributed by atoms with van der Waals surface area (Å²) in [6.45, 7) is 1.90. The summed E-state index contributed by atoms with van der Waals surface area (Å²) in [6, 6.07) is -1.39. The van der Waals surface area contributed by atoms with Gasteiger partial charge in [0.15, 0.2) is 0 Å². The quantitative estimate of drug-likeness (QED) is 0.612. The smallest absolute Gasteiger partial charge is 0.326 e. The maximum absolute atomic E-state index is 11.7. The Labute approximate surface area is 98.9 Å². The van der Waals surface area contributed by atoms with E-state index in [0.717, 1.165) is 12.8 Å². The van der Waals surface area contributed by atoms with Gasteiger partial charge in [0.05, 0.1) is 6.54 Å². The van der Waals surface area contributed by atoms with E-state index in [2.05, 4.69) is 5.32 Å². The van der Waals surface area contributed by atoms with Crippen molar-refractivity contribution in [3.63, 3.8) is 0 Å². The summed E-state index contributed by atoms with van der Waals surface area (Å²) in [6.07, 6.45) is 1.53. The van der Waals surface area contributed by atoms with Crippen molar-refractivity contribution in [1.82, 2.24) is 10.2 Å². The van der Waals surface area contributed by atoms with E-state index in [-0.39, 0.29) is 12.5 Å². The molecular formula is C10H17N3O4. The van der Waals surface area contributed by atoms with Gasteiger partial charge in [-0.3, -0.25) is 4.79 Å². The first kappa shape index (κ1) is 13.3. The second-order valence-corrected chi connectivity index (χ2v) is 4.22. The van der Waals surface area contributed by atoms with Crippen molar-refractivity contribution in [2.24, 2.45) is 11.7 Å². The first-order valence-electron chi connectivity index (χ1n) is 5.49. The van der Waals surface area contributed by atoms with Gasteiger partial charge in [0.2, 0.25) is 5.91 Å². The Morgan fingerprint density at radius 3 is 2.65 bits per heavy atom. The van der Waals surface area contributed by atoms with Crippen LogP contribution in [0.3, 0.4) is 0 Å². The molecule has 0 aromatic heterocycles. The van der Waals surface area contributed by atoms with E-state index in [1.807, 2.05) is 0 Å². The molecule has 0 aromatic rings. The number of nitrogens with one attached hydrogen (secondary N) is 1. The summed E-state index contributed by atoms with van der Waals surface area (Å²) >= 11 is 0. The number of carboxylic acid groups (broad SMARTS) is 1. The number of urea groups is 1. The maximum atomic E-state index is 11.7. The normalized spacial score (nSPS) is 24.2. The van der Waals surface area contributed by atoms with Gasteiger partial charge in [-0.25, -0.2) is 9.59 Å². The molecule has 2 unspecified atom stereocenters. The molecule has 17 heavy (non-hydrogen) atoms. The SMILES string of the molecule is CC1CCCN(C(=O)NCC(N)=O)C1C(=O)O. The van der Waals surface area contributed by atoms with Crippen molar-refractivity contribution in [1.29, 1.82) is 0 Å². The highest BCUT2D eigenvalue weighted by molar-refractivity contribution is 5.86. The number of amides is 3. The third-order valence-electron chi connectivity index (χ3n) is 2.86. The van der Waals surface area contributed by atoms with E-state index in [0.29, 0.717) is 6.54 Å². The highest BCUT2D eigenvalue weighted by atomic mass is 16.4. The standard InChI is InChI=1S/C10H17N3O4/c1-6-3-2-4-13(8(6)9(15)16)10(17)12-5-7(11)14/h6,8H,2-5H2,1H3,(H2,11,14)(H,12,17)(H,15,16). The van der Waals surface area contributed by atoms with Crippen LogP contribution in [0, 0.1) is 5.92 Å². The second-order valence-electron chi connectivity index (χ2n) is 4.22. The number of carboxylic acids is 1. The molecule has 3 amide bonds. The topological polar surface area (TPSA) is 113 Å². The number of nitrogens with zero attached hydrogens (tertiary/aromatic N) is 1. The van der Waals surface area contributed by atoms with Gasteiger partial charge in [0.25, 0.3) is 0 Å². The number of piperidine rings is 1. The number of carbonyl (C=O) groups is 3. The van der Waals surface area contributed by atoms with Crippen LogP contribution in [0.5, 0.6) is 0 Å². The Hall–Kier alpha value is -1.79. The van der Waals surface area contributed by atoms with Crippen LogP contribution in [0.1, 0.15) is 19.8 Å². The van der Waals surface area contributed by atoms with Gasteiger partial charge < -0.3 is 21.1 Å². The van der Waals surface area contributed by atoms with Crippen molar-refractivity contribution < 1.29 is 19.5 Å². The minimum atomic E-state index is -1.02. The van der Waals surface area contributed by atoms with Crippen molar-refractivity contribution in [2.45, 2.75) is 25.8 Å². The van der Waals surface area contributed by atoms with Gasteiger partial charge >= 0.3 is 12.0 Å². The van der Waals surface area contributed by atoms with Crippen LogP contribution in [0.15, 0.2) is 0 Å². The average molecular weight is 243 g/mol. The van der Waals surface area contributed by atoms with Crippen molar-refractivity contribution in [3.8, 4) is 0 Å². The molecule has 1 fully saturated rings. The lowest BCUT2D eigenvalue weighted by molar-refractivity contribution is -0.145. The fourth-order valence-electron chi connectivity index (χ4n) is 2.06. The number of hydrogen-bond acceptors (Lipinski definition) is 3. The zero-order valence-electron chi connectivity index (χ0n) is 9.68. The van der Waals surface area contributed by atoms with E-state index in [1.54, 1.807) is 6.92 Å². The van der Waals surface area contributed by atoms with Gasteiger partial charge in [0, 0.05) is 6.54 Å². The van der Waals surface area contributed by atoms with Crippen LogP contribution >= 0.6 is 0 Å². The largest absolute Gasteiger partial charge is 0.480 e. The van der Waals surface area contributed by atoms with E-state index in [4.69, 9.17) is 10.8 Å². The minimum Gasteiger partial charge on any atom is -0.480 e. The summed E-state index contributed by atoms with van der Waals surface area (Å²) in [5.74, 6) is -1.78. The van der Waals surface area contributed by atoms with Crippen LogP contribution in [0.2, 0.25) is 0 Å². The first-order chi connectivity index (χ1) is 7.93. The van der Waals surface area contributed by atoms with Crippen LogP contribution in [-0.2, 0) is 9.59 Å². The number of hydrogen-bond donors (Lipinski definition) is 3. The number of carbonyl (C=O) groups excluding carboxylic acids is 2. The Morgan fingerprint density at radius 2 is 2.12 bits per heavy atom. The molecule has 0 spiro atoms. The number of primary amides is 1. The molecule has 0 bridgehead atoms. The van der Waals surface area contributed by atoms with Crippen LogP contribution < -0.4 is 11.1 Å². The van der Waals surface area contributed by atoms with Gasteiger partial charge in [-0.05, 0) is 18.8 Å². The molecule has 2 atom stereocenters. The zero-order valence-corrected chi connectivity index (χ0v) is 9.68. The monoisotopic (exact) mass is 243 g/mol. The average Bonchev–Trinajstić information content (AvgIpc) is 2.24. The molecular weight excluding hydrogens is 226 g/mol. The molecule has 7 heteroatoms. The molecule has 7 nitrogen and oxygen atoms in total. The number of rotatable bonds is 3. The van der Waals surface area contributed by atoms with Crippen molar-refractivity contribution in [2.75, 3.05) is 13.1 Å². The van der Waals surface area contributed by atoms with Gasteiger partial charge in [-0.1, -0.05) is 6.92 Å². The summed E-state index contributed by atoms with van der Waals surface area (Å²) in [5, 5.41) is 11.4. The first-order valence-corrected chi connectivity index (χ1v) is 5.49. The molecule has 96 valence electrons. The highest BCUT2D eigenvalue weighted by Gasteiger charge is 2.36. The Morgan fingerprint density at radius 1 is 1.47 bits per heavy atom. The fraction of sp³-hybridized carbons (Fsp3) is 0.700. The molecule has 1 aliphatic heterocycles. The third-order valence-corrected chi connectivity index (χ3v) is 2.86. The van der Waals surface area contributed by atoms with Crippen molar-refractivity contribution >= 4 is 17.9 Å². The second kappa shape index (κ2) is 5.51. The van der Waals surface area contributed by atoms with E-state index in [9.17, 15) is 14.4 Å². The highest BCUT2D eigenvalue weighted by Crippen LogP contribution is 2.23. The van der Waals surface area contributed by atoms with Crippen LogP contribution in [-0.4, -0.2) is 47.0 Å². The lowest BCUT2D eigenvalue weighted by atomic mass is 9.91. The number of aliphatic carboxylic acids is 1.